The Balaban J connectivity index is 1.77. The van der Waals surface area contributed by atoms with Crippen molar-refractivity contribution in [2.24, 2.45) is 5.92 Å². The molecule has 1 saturated heterocycles. The van der Waals surface area contributed by atoms with Gasteiger partial charge in [0.05, 0.1) is 30.7 Å². The Morgan fingerprint density at radius 2 is 1.97 bits per heavy atom. The van der Waals surface area contributed by atoms with Gasteiger partial charge < -0.3 is 19.7 Å². The molecule has 0 aromatic heterocycles. The lowest BCUT2D eigenvalue weighted by molar-refractivity contribution is -0.384. The lowest BCUT2D eigenvalue weighted by Crippen LogP contribution is -2.28. The topological polar surface area (TPSA) is 111 Å². The van der Waals surface area contributed by atoms with E-state index in [-0.39, 0.29) is 30.5 Å². The van der Waals surface area contributed by atoms with E-state index in [1.807, 2.05) is 0 Å². The fraction of sp³-hybridized carbons (Fsp3) is 0.300. The Kier molecular flexibility index (Phi) is 5.67. The molecule has 2 aromatic carbocycles. The predicted octanol–water partition coefficient (Wildman–Crippen LogP) is 2.91. The maximum Gasteiger partial charge on any atom is 0.269 e. The third kappa shape index (κ3) is 4.13. The quantitative estimate of drug-likeness (QED) is 0.591. The van der Waals surface area contributed by atoms with Crippen molar-refractivity contribution in [3.63, 3.8) is 0 Å². The van der Waals surface area contributed by atoms with Crippen LogP contribution in [0, 0.1) is 23.0 Å². The van der Waals surface area contributed by atoms with Crippen molar-refractivity contribution in [1.29, 1.82) is 0 Å². The first-order valence-corrected chi connectivity index (χ1v) is 8.92. The summed E-state index contributed by atoms with van der Waals surface area (Å²) in [6, 6.07) is 9.33. The van der Waals surface area contributed by atoms with Crippen LogP contribution < -0.4 is 19.7 Å². The summed E-state index contributed by atoms with van der Waals surface area (Å²) in [5, 5.41) is 13.6. The molecule has 0 spiro atoms. The molecular weight excluding hydrogens is 378 g/mol. The average molecular weight is 399 g/mol. The molecule has 0 aliphatic carbocycles. The summed E-state index contributed by atoms with van der Waals surface area (Å²) < 4.78 is 10.6. The molecule has 152 valence electrons. The van der Waals surface area contributed by atoms with Gasteiger partial charge in [-0.3, -0.25) is 19.7 Å². The standard InChI is InChI=1S/C20H21N3O6/c1-12-8-14(23(26)27)4-6-16(12)21-20(25)13-9-19(24)22(11-13)17-10-15(28-2)5-7-18(17)29-3/h4-8,10,13H,9,11H2,1-3H3,(H,21,25)/t13-/m0/s1. The Labute approximate surface area is 167 Å². The number of ether oxygens (including phenoxy) is 2. The van der Waals surface area contributed by atoms with E-state index < -0.39 is 10.8 Å². The predicted molar refractivity (Wildman–Crippen MR) is 106 cm³/mol. The molecule has 0 saturated carbocycles. The molecule has 1 heterocycles. The smallest absolute Gasteiger partial charge is 0.269 e. The minimum Gasteiger partial charge on any atom is -0.497 e. The van der Waals surface area contributed by atoms with Crippen LogP contribution in [0.5, 0.6) is 11.5 Å². The number of nitro groups is 1. The van der Waals surface area contributed by atoms with E-state index >= 15 is 0 Å². The summed E-state index contributed by atoms with van der Waals surface area (Å²) in [5.41, 5.74) is 1.54. The molecule has 3 rings (SSSR count). The molecule has 1 N–H and O–H groups in total. The number of benzene rings is 2. The number of anilines is 2. The molecule has 1 aliphatic rings. The second-order valence-electron chi connectivity index (χ2n) is 6.69. The third-order valence-electron chi connectivity index (χ3n) is 4.85. The zero-order valence-corrected chi connectivity index (χ0v) is 16.3. The number of aryl methyl sites for hydroxylation is 1. The molecule has 9 heteroatoms. The van der Waals surface area contributed by atoms with Crippen molar-refractivity contribution in [2.75, 3.05) is 31.0 Å². The highest BCUT2D eigenvalue weighted by atomic mass is 16.6. The molecule has 2 aromatic rings. The summed E-state index contributed by atoms with van der Waals surface area (Å²) in [5.74, 6) is -0.000725. The molecule has 9 nitrogen and oxygen atoms in total. The summed E-state index contributed by atoms with van der Waals surface area (Å²) in [6.45, 7) is 1.87. The maximum atomic E-state index is 12.7. The van der Waals surface area contributed by atoms with Gasteiger partial charge in [-0.15, -0.1) is 0 Å². The van der Waals surface area contributed by atoms with Crippen LogP contribution in [0.2, 0.25) is 0 Å². The van der Waals surface area contributed by atoms with Crippen molar-refractivity contribution in [2.45, 2.75) is 13.3 Å². The Bertz CT molecular complexity index is 975. The van der Waals surface area contributed by atoms with Gasteiger partial charge in [0, 0.05) is 36.9 Å². The highest BCUT2D eigenvalue weighted by Crippen LogP contribution is 2.36. The van der Waals surface area contributed by atoms with Gasteiger partial charge in [-0.1, -0.05) is 0 Å². The van der Waals surface area contributed by atoms with E-state index in [0.29, 0.717) is 28.4 Å². The van der Waals surface area contributed by atoms with E-state index in [9.17, 15) is 19.7 Å². The Morgan fingerprint density at radius 3 is 2.59 bits per heavy atom. The van der Waals surface area contributed by atoms with Crippen LogP contribution in [-0.4, -0.2) is 37.5 Å². The summed E-state index contributed by atoms with van der Waals surface area (Å²) in [4.78, 5) is 37.1. The van der Waals surface area contributed by atoms with Gasteiger partial charge in [-0.2, -0.15) is 0 Å². The highest BCUT2D eigenvalue weighted by Gasteiger charge is 2.36. The fourth-order valence-electron chi connectivity index (χ4n) is 3.26. The first-order chi connectivity index (χ1) is 13.8. The molecule has 0 bridgehead atoms. The number of nitrogens with one attached hydrogen (secondary N) is 1. The monoisotopic (exact) mass is 399 g/mol. The number of carbonyl (C=O) groups excluding carboxylic acids is 2. The van der Waals surface area contributed by atoms with Gasteiger partial charge in [-0.05, 0) is 30.7 Å². The summed E-state index contributed by atoms with van der Waals surface area (Å²) >= 11 is 0. The first-order valence-electron chi connectivity index (χ1n) is 8.92. The van der Waals surface area contributed by atoms with Gasteiger partial charge in [-0.25, -0.2) is 0 Å². The second-order valence-corrected chi connectivity index (χ2v) is 6.69. The molecule has 1 fully saturated rings. The average Bonchev–Trinajstić information content (AvgIpc) is 3.10. The number of carbonyl (C=O) groups is 2. The minimum atomic E-state index is -0.562. The molecule has 1 atom stereocenters. The van der Waals surface area contributed by atoms with E-state index in [2.05, 4.69) is 5.32 Å². The lowest BCUT2D eigenvalue weighted by Gasteiger charge is -2.20. The SMILES string of the molecule is COc1ccc(OC)c(N2C[C@@H](C(=O)Nc3ccc([N+](=O)[O-])cc3C)CC2=O)c1. The van der Waals surface area contributed by atoms with Crippen LogP contribution in [0.25, 0.3) is 0 Å². The number of hydrogen-bond donors (Lipinski definition) is 1. The van der Waals surface area contributed by atoms with Gasteiger partial charge in [0.25, 0.3) is 5.69 Å². The van der Waals surface area contributed by atoms with Crippen LogP contribution in [0.3, 0.4) is 0 Å². The number of amides is 2. The first kappa shape index (κ1) is 20.1. The van der Waals surface area contributed by atoms with Crippen LogP contribution in [-0.2, 0) is 9.59 Å². The maximum absolute atomic E-state index is 12.7. The van der Waals surface area contributed by atoms with E-state index in [4.69, 9.17) is 9.47 Å². The van der Waals surface area contributed by atoms with Crippen LogP contribution >= 0.6 is 0 Å². The van der Waals surface area contributed by atoms with Gasteiger partial charge >= 0.3 is 0 Å². The van der Waals surface area contributed by atoms with Crippen molar-refractivity contribution in [1.82, 2.24) is 0 Å². The van der Waals surface area contributed by atoms with Gasteiger partial charge in [0.2, 0.25) is 11.8 Å². The fourth-order valence-corrected chi connectivity index (χ4v) is 3.26. The van der Waals surface area contributed by atoms with E-state index in [1.54, 1.807) is 25.1 Å². The van der Waals surface area contributed by atoms with Crippen molar-refractivity contribution in [3.8, 4) is 11.5 Å². The largest absolute Gasteiger partial charge is 0.497 e. The van der Waals surface area contributed by atoms with Crippen molar-refractivity contribution >= 4 is 28.9 Å². The van der Waals surface area contributed by atoms with E-state index in [1.165, 1.54) is 37.3 Å². The minimum absolute atomic E-state index is 0.0483. The zero-order chi connectivity index (χ0) is 21.1. The zero-order valence-electron chi connectivity index (χ0n) is 16.3. The molecule has 0 unspecified atom stereocenters. The summed E-state index contributed by atoms with van der Waals surface area (Å²) in [7, 11) is 3.04. The molecule has 1 aliphatic heterocycles. The number of nitro benzene ring substituents is 1. The van der Waals surface area contributed by atoms with Gasteiger partial charge in [0.1, 0.15) is 11.5 Å². The Morgan fingerprint density at radius 1 is 1.21 bits per heavy atom. The molecule has 0 radical (unpaired) electrons. The number of nitrogens with zero attached hydrogens (tertiary/aromatic N) is 2. The highest BCUT2D eigenvalue weighted by molar-refractivity contribution is 6.04. The second kappa shape index (κ2) is 8.17. The normalized spacial score (nSPS) is 15.9. The summed E-state index contributed by atoms with van der Waals surface area (Å²) in [6.07, 6.45) is 0.0538. The lowest BCUT2D eigenvalue weighted by atomic mass is 10.1. The number of non-ortho nitro benzene ring substituents is 1. The number of hydrogen-bond acceptors (Lipinski definition) is 6. The van der Waals surface area contributed by atoms with Gasteiger partial charge in [0.15, 0.2) is 0 Å². The molecule has 29 heavy (non-hydrogen) atoms. The van der Waals surface area contributed by atoms with Crippen molar-refractivity contribution in [3.05, 3.63) is 52.1 Å². The van der Waals surface area contributed by atoms with E-state index in [0.717, 1.165) is 0 Å². The number of methoxy groups -OCH3 is 2. The van der Waals surface area contributed by atoms with Crippen molar-refractivity contribution < 1.29 is 24.0 Å². The third-order valence-corrected chi connectivity index (χ3v) is 4.85. The Hall–Kier alpha value is -3.62. The van der Waals surface area contributed by atoms with Crippen LogP contribution in [0.4, 0.5) is 17.1 Å². The number of rotatable bonds is 6. The molecule has 2 amide bonds. The van der Waals surface area contributed by atoms with Crippen LogP contribution in [0.15, 0.2) is 36.4 Å². The molecular formula is C20H21N3O6. The van der Waals surface area contributed by atoms with Crippen LogP contribution in [0.1, 0.15) is 12.0 Å².